The molecule has 1 heterocycles. The van der Waals surface area contributed by atoms with E-state index in [-0.39, 0.29) is 0 Å². The summed E-state index contributed by atoms with van der Waals surface area (Å²) in [4.78, 5) is 0. The Hall–Kier alpha value is -0.0900. The maximum absolute atomic E-state index is 11.6. The van der Waals surface area contributed by atoms with Crippen molar-refractivity contribution in [2.45, 2.75) is 64.3 Å². The Kier molecular flexibility index (Phi) is 5.70. The monoisotopic (exact) mass is 287 g/mol. The maximum Gasteiger partial charge on any atom is 0.150 e. The Labute approximate surface area is 118 Å². The summed E-state index contributed by atoms with van der Waals surface area (Å²) in [6.45, 7) is 3.27. The van der Waals surface area contributed by atoms with Crippen LogP contribution in [0.15, 0.2) is 0 Å². The van der Waals surface area contributed by atoms with Crippen molar-refractivity contribution in [1.82, 2.24) is 5.32 Å². The maximum atomic E-state index is 11.6. The Morgan fingerprint density at radius 2 is 1.89 bits per heavy atom. The van der Waals surface area contributed by atoms with Gasteiger partial charge in [-0.05, 0) is 50.5 Å². The molecule has 112 valence electrons. The van der Waals surface area contributed by atoms with Crippen LogP contribution in [0.1, 0.15) is 58.3 Å². The smallest absolute Gasteiger partial charge is 0.150 e. The van der Waals surface area contributed by atoms with Crippen molar-refractivity contribution in [2.24, 2.45) is 11.8 Å². The van der Waals surface area contributed by atoms with Crippen LogP contribution in [-0.4, -0.2) is 32.5 Å². The van der Waals surface area contributed by atoms with Crippen molar-refractivity contribution in [1.29, 1.82) is 0 Å². The zero-order valence-electron chi connectivity index (χ0n) is 12.2. The van der Waals surface area contributed by atoms with Crippen molar-refractivity contribution in [3.63, 3.8) is 0 Å². The van der Waals surface area contributed by atoms with Crippen LogP contribution in [0.3, 0.4) is 0 Å². The van der Waals surface area contributed by atoms with Crippen LogP contribution in [0.25, 0.3) is 0 Å². The molecule has 0 amide bonds. The van der Waals surface area contributed by atoms with Crippen molar-refractivity contribution in [3.8, 4) is 0 Å². The van der Waals surface area contributed by atoms with E-state index in [1.165, 1.54) is 32.1 Å². The molecule has 0 aromatic carbocycles. The number of hydrogen-bond acceptors (Lipinski definition) is 3. The lowest BCUT2D eigenvalue weighted by atomic mass is 9.80. The molecule has 0 radical (unpaired) electrons. The van der Waals surface area contributed by atoms with Gasteiger partial charge in [0.1, 0.15) is 0 Å². The molecule has 0 bridgehead atoms. The van der Waals surface area contributed by atoms with E-state index in [1.54, 1.807) is 0 Å². The first kappa shape index (κ1) is 15.3. The van der Waals surface area contributed by atoms with Gasteiger partial charge in [0, 0.05) is 6.04 Å². The highest BCUT2D eigenvalue weighted by Crippen LogP contribution is 2.32. The van der Waals surface area contributed by atoms with Crippen LogP contribution in [0.2, 0.25) is 0 Å². The molecule has 2 rings (SSSR count). The van der Waals surface area contributed by atoms with E-state index in [9.17, 15) is 8.42 Å². The molecule has 2 unspecified atom stereocenters. The molecule has 1 aliphatic heterocycles. The zero-order chi connectivity index (χ0) is 13.7. The summed E-state index contributed by atoms with van der Waals surface area (Å²) >= 11 is 0. The first-order valence-electron chi connectivity index (χ1n) is 8.04. The molecule has 2 fully saturated rings. The van der Waals surface area contributed by atoms with Gasteiger partial charge in [0.25, 0.3) is 0 Å². The SMILES string of the molecule is CCCNC(CC1CCS(=O)(=O)C1)C1CCCCC1. The van der Waals surface area contributed by atoms with Crippen molar-refractivity contribution >= 4 is 9.84 Å². The second-order valence-electron chi connectivity index (χ2n) is 6.46. The first-order valence-corrected chi connectivity index (χ1v) is 9.86. The molecule has 1 saturated carbocycles. The normalized spacial score (nSPS) is 29.4. The zero-order valence-corrected chi connectivity index (χ0v) is 13.1. The third kappa shape index (κ3) is 4.75. The molecule has 2 atom stereocenters. The van der Waals surface area contributed by atoms with Gasteiger partial charge in [0.2, 0.25) is 0 Å². The lowest BCUT2D eigenvalue weighted by molar-refractivity contribution is 0.239. The summed E-state index contributed by atoms with van der Waals surface area (Å²) in [6.07, 6.45) is 9.89. The predicted molar refractivity (Wildman–Crippen MR) is 80.0 cm³/mol. The Morgan fingerprint density at radius 1 is 1.16 bits per heavy atom. The van der Waals surface area contributed by atoms with Crippen LogP contribution in [0.4, 0.5) is 0 Å². The van der Waals surface area contributed by atoms with Crippen LogP contribution in [-0.2, 0) is 9.84 Å². The molecular weight excluding hydrogens is 258 g/mol. The summed E-state index contributed by atoms with van der Waals surface area (Å²) in [5.41, 5.74) is 0. The molecule has 0 spiro atoms. The molecule has 0 aromatic heterocycles. The topological polar surface area (TPSA) is 46.2 Å². The molecule has 1 aliphatic carbocycles. The Bertz CT molecular complexity index is 360. The minimum atomic E-state index is -2.72. The molecular formula is C15H29NO2S. The lowest BCUT2D eigenvalue weighted by Gasteiger charge is -2.32. The highest BCUT2D eigenvalue weighted by atomic mass is 32.2. The van der Waals surface area contributed by atoms with E-state index in [2.05, 4.69) is 12.2 Å². The van der Waals surface area contributed by atoms with Crippen LogP contribution >= 0.6 is 0 Å². The average molecular weight is 287 g/mol. The highest BCUT2D eigenvalue weighted by Gasteiger charge is 2.32. The quantitative estimate of drug-likeness (QED) is 0.817. The van der Waals surface area contributed by atoms with Crippen molar-refractivity contribution in [3.05, 3.63) is 0 Å². The van der Waals surface area contributed by atoms with Gasteiger partial charge in [0.15, 0.2) is 9.84 Å². The standard InChI is InChI=1S/C15H29NO2S/c1-2-9-16-15(14-6-4-3-5-7-14)11-13-8-10-19(17,18)12-13/h13-16H,2-12H2,1H3. The van der Waals surface area contributed by atoms with Crippen molar-refractivity contribution in [2.75, 3.05) is 18.1 Å². The number of rotatable bonds is 6. The fourth-order valence-corrected chi connectivity index (χ4v) is 5.61. The van der Waals surface area contributed by atoms with E-state index in [0.717, 1.165) is 31.7 Å². The van der Waals surface area contributed by atoms with E-state index in [1.807, 2.05) is 0 Å². The molecule has 4 heteroatoms. The third-order valence-electron chi connectivity index (χ3n) is 4.79. The van der Waals surface area contributed by atoms with Crippen LogP contribution in [0, 0.1) is 11.8 Å². The Balaban J connectivity index is 1.89. The minimum Gasteiger partial charge on any atom is -0.314 e. The second kappa shape index (κ2) is 7.07. The van der Waals surface area contributed by atoms with Crippen LogP contribution in [0.5, 0.6) is 0 Å². The van der Waals surface area contributed by atoms with E-state index in [0.29, 0.717) is 23.5 Å². The molecule has 1 N–H and O–H groups in total. The summed E-state index contributed by atoms with van der Waals surface area (Å²) in [5, 5.41) is 3.70. The summed E-state index contributed by atoms with van der Waals surface area (Å²) in [5.74, 6) is 2.04. The molecule has 0 aromatic rings. The van der Waals surface area contributed by atoms with E-state index >= 15 is 0 Å². The fourth-order valence-electron chi connectivity index (χ4n) is 3.73. The number of sulfone groups is 1. The third-order valence-corrected chi connectivity index (χ3v) is 6.63. The summed E-state index contributed by atoms with van der Waals surface area (Å²) < 4.78 is 23.2. The van der Waals surface area contributed by atoms with Gasteiger partial charge in [-0.25, -0.2) is 8.42 Å². The second-order valence-corrected chi connectivity index (χ2v) is 8.69. The van der Waals surface area contributed by atoms with E-state index in [4.69, 9.17) is 0 Å². The predicted octanol–water partition coefficient (Wildman–Crippen LogP) is 2.76. The van der Waals surface area contributed by atoms with Gasteiger partial charge in [0.05, 0.1) is 11.5 Å². The largest absolute Gasteiger partial charge is 0.314 e. The highest BCUT2D eigenvalue weighted by molar-refractivity contribution is 7.91. The van der Waals surface area contributed by atoms with Gasteiger partial charge in [-0.3, -0.25) is 0 Å². The number of nitrogens with one attached hydrogen (secondary N) is 1. The van der Waals surface area contributed by atoms with Crippen LogP contribution < -0.4 is 5.32 Å². The molecule has 2 aliphatic rings. The number of hydrogen-bond donors (Lipinski definition) is 1. The van der Waals surface area contributed by atoms with Gasteiger partial charge in [-0.1, -0.05) is 26.2 Å². The van der Waals surface area contributed by atoms with Gasteiger partial charge in [-0.2, -0.15) is 0 Å². The Morgan fingerprint density at radius 3 is 2.47 bits per heavy atom. The molecule has 19 heavy (non-hydrogen) atoms. The van der Waals surface area contributed by atoms with Gasteiger partial charge >= 0.3 is 0 Å². The summed E-state index contributed by atoms with van der Waals surface area (Å²) in [6, 6.07) is 0.554. The summed E-state index contributed by atoms with van der Waals surface area (Å²) in [7, 11) is -2.72. The average Bonchev–Trinajstić information content (AvgIpc) is 2.75. The molecule has 3 nitrogen and oxygen atoms in total. The fraction of sp³-hybridized carbons (Fsp3) is 1.00. The minimum absolute atomic E-state index is 0.404. The first-order chi connectivity index (χ1) is 9.11. The van der Waals surface area contributed by atoms with Gasteiger partial charge in [-0.15, -0.1) is 0 Å². The molecule has 1 saturated heterocycles. The van der Waals surface area contributed by atoms with Gasteiger partial charge < -0.3 is 5.32 Å². The van der Waals surface area contributed by atoms with Crippen molar-refractivity contribution < 1.29 is 8.42 Å². The lowest BCUT2D eigenvalue weighted by Crippen LogP contribution is -2.39. The van der Waals surface area contributed by atoms with E-state index < -0.39 is 9.84 Å².